The maximum absolute atomic E-state index is 3.43. The topological polar surface area (TPSA) is 15.3 Å². The number of benzene rings is 1. The van der Waals surface area contributed by atoms with Gasteiger partial charge in [0, 0.05) is 18.8 Å². The maximum atomic E-state index is 3.43. The third-order valence-corrected chi connectivity index (χ3v) is 2.35. The molecule has 0 fully saturated rings. The van der Waals surface area contributed by atoms with Gasteiger partial charge < -0.3 is 10.2 Å². The summed E-state index contributed by atoms with van der Waals surface area (Å²) in [6, 6.07) is 8.71. The Morgan fingerprint density at radius 2 is 2.07 bits per heavy atom. The molecular formula is C13H22N2. The van der Waals surface area contributed by atoms with Crippen molar-refractivity contribution in [3.8, 4) is 0 Å². The lowest BCUT2D eigenvalue weighted by Crippen LogP contribution is -2.20. The van der Waals surface area contributed by atoms with Crippen LogP contribution in [0.15, 0.2) is 24.3 Å². The summed E-state index contributed by atoms with van der Waals surface area (Å²) in [7, 11) is 4.18. The van der Waals surface area contributed by atoms with Crippen LogP contribution in [-0.4, -0.2) is 32.1 Å². The number of nitrogens with zero attached hydrogens (tertiary/aromatic N) is 1. The second-order valence-electron chi connectivity index (χ2n) is 4.18. The lowest BCUT2D eigenvalue weighted by molar-refractivity contribution is 0.425. The highest BCUT2D eigenvalue weighted by atomic mass is 15.1. The minimum Gasteiger partial charge on any atom is -0.384 e. The van der Waals surface area contributed by atoms with E-state index in [1.807, 2.05) is 0 Å². The van der Waals surface area contributed by atoms with E-state index in [1.165, 1.54) is 24.1 Å². The summed E-state index contributed by atoms with van der Waals surface area (Å²) in [6.07, 6.45) is 2.38. The first-order valence-electron chi connectivity index (χ1n) is 5.70. The van der Waals surface area contributed by atoms with Crippen molar-refractivity contribution in [1.29, 1.82) is 0 Å². The van der Waals surface area contributed by atoms with E-state index in [0.717, 1.165) is 13.1 Å². The zero-order valence-electron chi connectivity index (χ0n) is 10.1. The molecule has 0 heterocycles. The molecule has 0 aliphatic rings. The number of anilines is 1. The lowest BCUT2D eigenvalue weighted by Gasteiger charge is -2.12. The van der Waals surface area contributed by atoms with Crippen molar-refractivity contribution < 1.29 is 0 Å². The van der Waals surface area contributed by atoms with E-state index in [4.69, 9.17) is 0 Å². The molecule has 0 saturated heterocycles. The van der Waals surface area contributed by atoms with E-state index in [1.54, 1.807) is 0 Å². The van der Waals surface area contributed by atoms with Crippen molar-refractivity contribution >= 4 is 5.69 Å². The Balaban J connectivity index is 2.43. The number of hydrogen-bond donors (Lipinski definition) is 1. The van der Waals surface area contributed by atoms with Crippen LogP contribution in [0.3, 0.4) is 0 Å². The van der Waals surface area contributed by atoms with Gasteiger partial charge in [-0.15, -0.1) is 0 Å². The first-order chi connectivity index (χ1) is 7.22. The lowest BCUT2D eigenvalue weighted by atomic mass is 10.1. The monoisotopic (exact) mass is 206 g/mol. The Hall–Kier alpha value is -1.02. The quantitative estimate of drug-likeness (QED) is 0.769. The van der Waals surface area contributed by atoms with Crippen LogP contribution in [0.1, 0.15) is 18.9 Å². The third kappa shape index (κ3) is 4.84. The van der Waals surface area contributed by atoms with Crippen LogP contribution in [0.25, 0.3) is 0 Å². The van der Waals surface area contributed by atoms with Gasteiger partial charge in [0.05, 0.1) is 0 Å². The Labute approximate surface area is 93.3 Å². The zero-order chi connectivity index (χ0) is 11.1. The first-order valence-corrected chi connectivity index (χ1v) is 5.70. The molecule has 1 aromatic rings. The number of rotatable bonds is 6. The van der Waals surface area contributed by atoms with Gasteiger partial charge in [0.2, 0.25) is 0 Å². The van der Waals surface area contributed by atoms with Gasteiger partial charge in [-0.25, -0.2) is 0 Å². The molecule has 1 N–H and O–H groups in total. The molecule has 0 atom stereocenters. The van der Waals surface area contributed by atoms with Crippen LogP contribution in [0.4, 0.5) is 5.69 Å². The number of hydrogen-bond acceptors (Lipinski definition) is 2. The molecule has 1 rings (SSSR count). The van der Waals surface area contributed by atoms with Gasteiger partial charge in [-0.1, -0.05) is 25.5 Å². The first kappa shape index (κ1) is 12.1. The van der Waals surface area contributed by atoms with Crippen molar-refractivity contribution in [2.75, 3.05) is 32.5 Å². The van der Waals surface area contributed by atoms with E-state index >= 15 is 0 Å². The fourth-order valence-electron chi connectivity index (χ4n) is 1.55. The molecule has 0 aromatic heterocycles. The number of aryl methyl sites for hydroxylation is 1. The van der Waals surface area contributed by atoms with Crippen LogP contribution in [-0.2, 0) is 6.42 Å². The molecule has 84 valence electrons. The predicted molar refractivity (Wildman–Crippen MR) is 67.5 cm³/mol. The molecule has 0 amide bonds. The van der Waals surface area contributed by atoms with E-state index in [9.17, 15) is 0 Å². The summed E-state index contributed by atoms with van der Waals surface area (Å²) in [5, 5.41) is 3.43. The van der Waals surface area contributed by atoms with Gasteiger partial charge in [-0.05, 0) is 38.2 Å². The number of nitrogens with one attached hydrogen (secondary N) is 1. The largest absolute Gasteiger partial charge is 0.384 e. The smallest absolute Gasteiger partial charge is 0.0343 e. The van der Waals surface area contributed by atoms with Gasteiger partial charge in [0.1, 0.15) is 0 Å². The van der Waals surface area contributed by atoms with E-state index in [-0.39, 0.29) is 0 Å². The fraction of sp³-hybridized carbons (Fsp3) is 0.538. The minimum absolute atomic E-state index is 1.00. The van der Waals surface area contributed by atoms with Crippen LogP contribution in [0, 0.1) is 0 Å². The Kier molecular flexibility index (Phi) is 5.19. The summed E-state index contributed by atoms with van der Waals surface area (Å²) < 4.78 is 0. The van der Waals surface area contributed by atoms with Crippen molar-refractivity contribution in [1.82, 2.24) is 4.90 Å². The molecule has 1 aromatic carbocycles. The molecule has 0 saturated carbocycles. The molecule has 0 aliphatic carbocycles. The van der Waals surface area contributed by atoms with Gasteiger partial charge in [0.25, 0.3) is 0 Å². The van der Waals surface area contributed by atoms with Crippen molar-refractivity contribution in [2.45, 2.75) is 19.8 Å². The van der Waals surface area contributed by atoms with Crippen molar-refractivity contribution in [2.24, 2.45) is 0 Å². The summed E-state index contributed by atoms with van der Waals surface area (Å²) in [6.45, 7) is 4.28. The molecular weight excluding hydrogens is 184 g/mol. The summed E-state index contributed by atoms with van der Waals surface area (Å²) >= 11 is 0. The van der Waals surface area contributed by atoms with Crippen molar-refractivity contribution in [3.63, 3.8) is 0 Å². The minimum atomic E-state index is 1.00. The van der Waals surface area contributed by atoms with Gasteiger partial charge >= 0.3 is 0 Å². The molecule has 2 nitrogen and oxygen atoms in total. The fourth-order valence-corrected chi connectivity index (χ4v) is 1.55. The summed E-state index contributed by atoms with van der Waals surface area (Å²) in [5.74, 6) is 0. The average Bonchev–Trinajstić information content (AvgIpc) is 2.18. The Morgan fingerprint density at radius 3 is 2.73 bits per heavy atom. The van der Waals surface area contributed by atoms with Crippen LogP contribution in [0.2, 0.25) is 0 Å². The van der Waals surface area contributed by atoms with Gasteiger partial charge in [-0.2, -0.15) is 0 Å². The molecule has 2 heteroatoms. The average molecular weight is 206 g/mol. The highest BCUT2D eigenvalue weighted by molar-refractivity contribution is 5.45. The summed E-state index contributed by atoms with van der Waals surface area (Å²) in [4.78, 5) is 2.18. The Morgan fingerprint density at radius 1 is 1.27 bits per heavy atom. The van der Waals surface area contributed by atoms with Gasteiger partial charge in [-0.3, -0.25) is 0 Å². The highest BCUT2D eigenvalue weighted by Gasteiger charge is 1.95. The van der Waals surface area contributed by atoms with Crippen LogP contribution >= 0.6 is 0 Å². The third-order valence-electron chi connectivity index (χ3n) is 2.35. The molecule has 0 bridgehead atoms. The van der Waals surface area contributed by atoms with Crippen LogP contribution in [0.5, 0.6) is 0 Å². The van der Waals surface area contributed by atoms with E-state index in [0.29, 0.717) is 0 Å². The molecule has 0 aliphatic heterocycles. The molecule has 0 unspecified atom stereocenters. The summed E-state index contributed by atoms with van der Waals surface area (Å²) in [5.41, 5.74) is 2.66. The maximum Gasteiger partial charge on any atom is 0.0343 e. The molecule has 0 radical (unpaired) electrons. The SMILES string of the molecule is CCCc1cccc(NCCN(C)C)c1. The normalized spacial score (nSPS) is 10.7. The highest BCUT2D eigenvalue weighted by Crippen LogP contribution is 2.11. The standard InChI is InChI=1S/C13H22N2/c1-4-6-12-7-5-8-13(11-12)14-9-10-15(2)3/h5,7-8,11,14H,4,6,9-10H2,1-3H3. The molecule has 0 spiro atoms. The second-order valence-corrected chi connectivity index (χ2v) is 4.18. The van der Waals surface area contributed by atoms with Crippen molar-refractivity contribution in [3.05, 3.63) is 29.8 Å². The zero-order valence-corrected chi connectivity index (χ0v) is 10.1. The Bertz CT molecular complexity index is 282. The van der Waals surface area contributed by atoms with E-state index < -0.39 is 0 Å². The second kappa shape index (κ2) is 6.46. The number of likely N-dealkylation sites (N-methyl/N-ethyl adjacent to an activating group) is 1. The van der Waals surface area contributed by atoms with E-state index in [2.05, 4.69) is 55.5 Å². The molecule has 15 heavy (non-hydrogen) atoms. The van der Waals surface area contributed by atoms with Crippen LogP contribution < -0.4 is 5.32 Å². The predicted octanol–water partition coefficient (Wildman–Crippen LogP) is 2.61. The van der Waals surface area contributed by atoms with Gasteiger partial charge in [0.15, 0.2) is 0 Å².